The maximum Gasteiger partial charge on any atom is 0.133 e. The minimum Gasteiger partial charge on any atom is -0.492 e. The number of ether oxygens (including phenoxy) is 1. The number of rotatable bonds is 5. The van der Waals surface area contributed by atoms with Crippen LogP contribution in [0.4, 0.5) is 0 Å². The van der Waals surface area contributed by atoms with Crippen LogP contribution < -0.4 is 4.74 Å². The first-order chi connectivity index (χ1) is 6.77. The molecule has 0 saturated heterocycles. The van der Waals surface area contributed by atoms with Crippen LogP contribution in [0.1, 0.15) is 25.3 Å². The summed E-state index contributed by atoms with van der Waals surface area (Å²) < 4.78 is 6.65. The highest BCUT2D eigenvalue weighted by Gasteiger charge is 2.01. The van der Waals surface area contributed by atoms with E-state index >= 15 is 0 Å². The standard InChI is InChI=1S/C11H14Br2O/c1-2-3-6-14-11-5-4-9(8-12)7-10(11)13/h4-5,7H,2-3,6,8H2,1H3. The van der Waals surface area contributed by atoms with Gasteiger partial charge in [-0.2, -0.15) is 0 Å². The van der Waals surface area contributed by atoms with Gasteiger partial charge in [0.15, 0.2) is 0 Å². The topological polar surface area (TPSA) is 9.23 Å². The Morgan fingerprint density at radius 2 is 2.14 bits per heavy atom. The molecule has 14 heavy (non-hydrogen) atoms. The lowest BCUT2D eigenvalue weighted by molar-refractivity contribution is 0.307. The fourth-order valence-corrected chi connectivity index (χ4v) is 1.96. The van der Waals surface area contributed by atoms with Gasteiger partial charge in [0.05, 0.1) is 11.1 Å². The van der Waals surface area contributed by atoms with E-state index in [1.807, 2.05) is 6.07 Å². The van der Waals surface area contributed by atoms with Crippen molar-refractivity contribution in [3.05, 3.63) is 28.2 Å². The van der Waals surface area contributed by atoms with Crippen molar-refractivity contribution >= 4 is 31.9 Å². The zero-order chi connectivity index (χ0) is 10.4. The SMILES string of the molecule is CCCCOc1ccc(CBr)cc1Br. The summed E-state index contributed by atoms with van der Waals surface area (Å²) in [4.78, 5) is 0. The molecule has 0 saturated carbocycles. The van der Waals surface area contributed by atoms with Crippen LogP contribution in [0.2, 0.25) is 0 Å². The molecule has 1 rings (SSSR count). The van der Waals surface area contributed by atoms with E-state index in [2.05, 4.69) is 50.9 Å². The number of halogens is 2. The summed E-state index contributed by atoms with van der Waals surface area (Å²) in [6, 6.07) is 6.16. The summed E-state index contributed by atoms with van der Waals surface area (Å²) in [6.45, 7) is 2.95. The van der Waals surface area contributed by atoms with Gasteiger partial charge in [-0.15, -0.1) is 0 Å². The number of hydrogen-bond donors (Lipinski definition) is 0. The highest BCUT2D eigenvalue weighted by atomic mass is 79.9. The third kappa shape index (κ3) is 3.62. The van der Waals surface area contributed by atoms with Crippen molar-refractivity contribution in [1.82, 2.24) is 0 Å². The second-order valence-electron chi connectivity index (χ2n) is 3.10. The van der Waals surface area contributed by atoms with E-state index in [1.165, 1.54) is 5.56 Å². The molecule has 0 fully saturated rings. The second kappa shape index (κ2) is 6.46. The average molecular weight is 322 g/mol. The van der Waals surface area contributed by atoms with Gasteiger partial charge in [0.25, 0.3) is 0 Å². The second-order valence-corrected chi connectivity index (χ2v) is 4.52. The van der Waals surface area contributed by atoms with Gasteiger partial charge in [-0.1, -0.05) is 35.3 Å². The van der Waals surface area contributed by atoms with Crippen LogP contribution in [0.3, 0.4) is 0 Å². The normalized spacial score (nSPS) is 10.2. The van der Waals surface area contributed by atoms with E-state index in [-0.39, 0.29) is 0 Å². The van der Waals surface area contributed by atoms with Crippen molar-refractivity contribution in [2.45, 2.75) is 25.1 Å². The minimum atomic E-state index is 0.794. The number of alkyl halides is 1. The van der Waals surface area contributed by atoms with Crippen LogP contribution >= 0.6 is 31.9 Å². The lowest BCUT2D eigenvalue weighted by Gasteiger charge is -2.08. The van der Waals surface area contributed by atoms with Gasteiger partial charge in [-0.05, 0) is 40.0 Å². The Labute approximate surface area is 102 Å². The average Bonchev–Trinajstić information content (AvgIpc) is 2.20. The molecule has 0 aromatic heterocycles. The van der Waals surface area contributed by atoms with Crippen LogP contribution in [0.25, 0.3) is 0 Å². The molecule has 0 heterocycles. The van der Waals surface area contributed by atoms with E-state index in [4.69, 9.17) is 4.74 Å². The summed E-state index contributed by atoms with van der Waals surface area (Å²) in [5, 5.41) is 0.876. The van der Waals surface area contributed by atoms with E-state index in [0.29, 0.717) is 0 Å². The Morgan fingerprint density at radius 1 is 1.36 bits per heavy atom. The Bertz CT molecular complexity index is 287. The van der Waals surface area contributed by atoms with Crippen molar-refractivity contribution in [3.8, 4) is 5.75 Å². The largest absolute Gasteiger partial charge is 0.492 e. The zero-order valence-electron chi connectivity index (χ0n) is 8.22. The van der Waals surface area contributed by atoms with Crippen LogP contribution in [0.15, 0.2) is 22.7 Å². The van der Waals surface area contributed by atoms with Crippen LogP contribution in [0.5, 0.6) is 5.75 Å². The third-order valence-electron chi connectivity index (χ3n) is 1.91. The summed E-state index contributed by atoms with van der Waals surface area (Å²) >= 11 is 6.91. The van der Waals surface area contributed by atoms with Gasteiger partial charge in [-0.3, -0.25) is 0 Å². The molecule has 1 nitrogen and oxygen atoms in total. The van der Waals surface area contributed by atoms with Crippen LogP contribution in [-0.2, 0) is 5.33 Å². The molecule has 0 N–H and O–H groups in total. The van der Waals surface area contributed by atoms with Gasteiger partial charge in [-0.25, -0.2) is 0 Å². The summed E-state index contributed by atoms with van der Waals surface area (Å²) in [6.07, 6.45) is 2.27. The third-order valence-corrected chi connectivity index (χ3v) is 3.17. The predicted octanol–water partition coefficient (Wildman–Crippen LogP) is 4.52. The molecule has 0 aliphatic carbocycles. The molecule has 0 unspecified atom stereocenters. The molecule has 0 aliphatic heterocycles. The Balaban J connectivity index is 2.59. The Morgan fingerprint density at radius 3 is 2.71 bits per heavy atom. The van der Waals surface area contributed by atoms with Crippen molar-refractivity contribution in [2.75, 3.05) is 6.61 Å². The molecule has 1 aromatic carbocycles. The molecule has 0 aliphatic rings. The lowest BCUT2D eigenvalue weighted by atomic mass is 10.2. The van der Waals surface area contributed by atoms with Crippen molar-refractivity contribution < 1.29 is 4.74 Å². The van der Waals surface area contributed by atoms with Gasteiger partial charge in [0.2, 0.25) is 0 Å². The van der Waals surface area contributed by atoms with Gasteiger partial charge < -0.3 is 4.74 Å². The van der Waals surface area contributed by atoms with E-state index < -0.39 is 0 Å². The molecular weight excluding hydrogens is 308 g/mol. The first-order valence-electron chi connectivity index (χ1n) is 4.75. The predicted molar refractivity (Wildman–Crippen MR) is 67.2 cm³/mol. The van der Waals surface area contributed by atoms with Crippen molar-refractivity contribution in [1.29, 1.82) is 0 Å². The Kier molecular flexibility index (Phi) is 5.56. The smallest absolute Gasteiger partial charge is 0.133 e. The summed E-state index contributed by atoms with van der Waals surface area (Å²) in [5.41, 5.74) is 1.25. The van der Waals surface area contributed by atoms with Crippen molar-refractivity contribution in [2.24, 2.45) is 0 Å². The molecule has 0 atom stereocenters. The minimum absolute atomic E-state index is 0.794. The van der Waals surface area contributed by atoms with E-state index in [1.54, 1.807) is 0 Å². The molecule has 0 amide bonds. The fraction of sp³-hybridized carbons (Fsp3) is 0.455. The number of benzene rings is 1. The molecule has 0 bridgehead atoms. The number of unbranched alkanes of at least 4 members (excludes halogenated alkanes) is 1. The van der Waals surface area contributed by atoms with Crippen LogP contribution in [-0.4, -0.2) is 6.61 Å². The highest BCUT2D eigenvalue weighted by Crippen LogP contribution is 2.26. The van der Waals surface area contributed by atoms with E-state index in [9.17, 15) is 0 Å². The molecule has 0 radical (unpaired) electrons. The maximum absolute atomic E-state index is 5.61. The summed E-state index contributed by atoms with van der Waals surface area (Å²) in [7, 11) is 0. The van der Waals surface area contributed by atoms with Crippen molar-refractivity contribution in [3.63, 3.8) is 0 Å². The molecular formula is C11H14Br2O. The molecule has 1 aromatic rings. The molecule has 3 heteroatoms. The quantitative estimate of drug-likeness (QED) is 0.572. The van der Waals surface area contributed by atoms with Gasteiger partial charge in [0.1, 0.15) is 5.75 Å². The summed E-state index contributed by atoms with van der Waals surface area (Å²) in [5.74, 6) is 0.933. The first-order valence-corrected chi connectivity index (χ1v) is 6.66. The van der Waals surface area contributed by atoms with Gasteiger partial charge in [0, 0.05) is 5.33 Å². The monoisotopic (exact) mass is 320 g/mol. The Hall–Kier alpha value is -0.0200. The lowest BCUT2D eigenvalue weighted by Crippen LogP contribution is -1.97. The zero-order valence-corrected chi connectivity index (χ0v) is 11.4. The van der Waals surface area contributed by atoms with Crippen LogP contribution in [0, 0.1) is 0 Å². The first kappa shape index (κ1) is 12.1. The van der Waals surface area contributed by atoms with E-state index in [0.717, 1.165) is 35.0 Å². The highest BCUT2D eigenvalue weighted by molar-refractivity contribution is 9.10. The molecule has 78 valence electrons. The molecule has 0 spiro atoms. The number of hydrogen-bond acceptors (Lipinski definition) is 1. The fourth-order valence-electron chi connectivity index (χ4n) is 1.07. The maximum atomic E-state index is 5.61. The van der Waals surface area contributed by atoms with Gasteiger partial charge >= 0.3 is 0 Å².